The molecule has 2 heterocycles. The number of ether oxygens (including phenoxy) is 2. The summed E-state index contributed by atoms with van der Waals surface area (Å²) >= 11 is 4.72. The summed E-state index contributed by atoms with van der Waals surface area (Å²) in [5, 5.41) is 15.0. The molecule has 0 aliphatic carbocycles. The first-order valence-electron chi connectivity index (χ1n) is 7.74. The summed E-state index contributed by atoms with van der Waals surface area (Å²) in [7, 11) is 0. The Hall–Kier alpha value is -1.93. The molecule has 1 aromatic carbocycles. The van der Waals surface area contributed by atoms with Crippen molar-refractivity contribution in [3.8, 4) is 11.5 Å². The van der Waals surface area contributed by atoms with Crippen LogP contribution in [0.5, 0.6) is 11.5 Å². The predicted molar refractivity (Wildman–Crippen MR) is 97.8 cm³/mol. The van der Waals surface area contributed by atoms with E-state index in [1.165, 1.54) is 18.0 Å². The highest BCUT2D eigenvalue weighted by molar-refractivity contribution is 9.10. The van der Waals surface area contributed by atoms with Gasteiger partial charge in [0, 0.05) is 16.6 Å². The molecule has 1 aliphatic heterocycles. The maximum atomic E-state index is 12.2. The Bertz CT molecular complexity index is 787. The normalized spacial score (nSPS) is 14.0. The fraction of sp³-hybridized carbons (Fsp3) is 0.294. The van der Waals surface area contributed by atoms with Crippen LogP contribution in [0.15, 0.2) is 46.0 Å². The minimum absolute atomic E-state index is 0.150. The molecule has 1 amide bonds. The number of pyridine rings is 1. The molecule has 1 unspecified atom stereocenters. The first-order valence-corrected chi connectivity index (χ1v) is 9.52. The molecule has 6 nitrogen and oxygen atoms in total. The van der Waals surface area contributed by atoms with Crippen molar-refractivity contribution in [2.45, 2.75) is 18.0 Å². The van der Waals surface area contributed by atoms with E-state index in [9.17, 15) is 10.0 Å². The van der Waals surface area contributed by atoms with Crippen LogP contribution in [0.25, 0.3) is 0 Å². The SMILES string of the molecule is CC(NC(=O)CSc1cccc[n+]1[O-])c1cc2c(cc1Br)OCCO2. The molecule has 25 heavy (non-hydrogen) atoms. The van der Waals surface area contributed by atoms with Crippen LogP contribution in [0.2, 0.25) is 0 Å². The van der Waals surface area contributed by atoms with Crippen LogP contribution in [0.4, 0.5) is 0 Å². The second-order valence-corrected chi connectivity index (χ2v) is 7.31. The topological polar surface area (TPSA) is 74.5 Å². The van der Waals surface area contributed by atoms with E-state index in [1.54, 1.807) is 18.2 Å². The molecule has 0 saturated carbocycles. The number of aromatic nitrogens is 1. The number of rotatable bonds is 5. The van der Waals surface area contributed by atoms with E-state index in [2.05, 4.69) is 21.2 Å². The lowest BCUT2D eigenvalue weighted by molar-refractivity contribution is -0.645. The summed E-state index contributed by atoms with van der Waals surface area (Å²) < 4.78 is 12.7. The van der Waals surface area contributed by atoms with Gasteiger partial charge < -0.3 is 20.0 Å². The van der Waals surface area contributed by atoms with E-state index >= 15 is 0 Å². The number of fused-ring (bicyclic) bond motifs is 1. The van der Waals surface area contributed by atoms with Gasteiger partial charge in [0.1, 0.15) is 13.2 Å². The van der Waals surface area contributed by atoms with E-state index in [4.69, 9.17) is 9.47 Å². The molecule has 0 bridgehead atoms. The zero-order chi connectivity index (χ0) is 17.8. The highest BCUT2D eigenvalue weighted by atomic mass is 79.9. The summed E-state index contributed by atoms with van der Waals surface area (Å²) in [6.07, 6.45) is 1.41. The van der Waals surface area contributed by atoms with Gasteiger partial charge >= 0.3 is 0 Å². The van der Waals surface area contributed by atoms with Crippen molar-refractivity contribution in [3.05, 3.63) is 51.8 Å². The lowest BCUT2D eigenvalue weighted by Crippen LogP contribution is -2.31. The van der Waals surface area contributed by atoms with E-state index in [1.807, 2.05) is 19.1 Å². The molecular weight excluding hydrogens is 408 g/mol. The predicted octanol–water partition coefficient (Wildman–Crippen LogP) is 2.82. The van der Waals surface area contributed by atoms with Crippen molar-refractivity contribution in [1.82, 2.24) is 5.32 Å². The minimum atomic E-state index is -0.214. The molecule has 1 aromatic heterocycles. The zero-order valence-corrected chi connectivity index (χ0v) is 15.9. The third kappa shape index (κ3) is 4.38. The molecule has 0 spiro atoms. The first kappa shape index (κ1) is 17.9. The first-order chi connectivity index (χ1) is 12.0. The third-order valence-electron chi connectivity index (χ3n) is 3.65. The lowest BCUT2D eigenvalue weighted by atomic mass is 10.1. The second-order valence-electron chi connectivity index (χ2n) is 5.46. The molecule has 1 N–H and O–H groups in total. The number of benzene rings is 1. The summed E-state index contributed by atoms with van der Waals surface area (Å²) in [4.78, 5) is 12.2. The Balaban J connectivity index is 1.62. The molecule has 0 saturated heterocycles. The maximum Gasteiger partial charge on any atom is 0.251 e. The Morgan fingerprint density at radius 1 is 1.36 bits per heavy atom. The summed E-state index contributed by atoms with van der Waals surface area (Å²) in [6.45, 7) is 2.94. The quantitative estimate of drug-likeness (QED) is 0.453. The zero-order valence-electron chi connectivity index (χ0n) is 13.5. The second kappa shape index (κ2) is 7.97. The van der Waals surface area contributed by atoms with Gasteiger partial charge in [-0.1, -0.05) is 15.9 Å². The van der Waals surface area contributed by atoms with Crippen molar-refractivity contribution in [1.29, 1.82) is 0 Å². The standard InChI is InChI=1S/C17H17BrN2O4S/c1-11(12-8-14-15(9-13(12)18)24-7-6-23-14)19-16(21)10-25-17-4-2-3-5-20(17)22/h2-5,8-9,11H,6-7,10H2,1H3,(H,19,21). The number of hydrogen-bond donors (Lipinski definition) is 1. The van der Waals surface area contributed by atoms with Crippen LogP contribution in [0.1, 0.15) is 18.5 Å². The third-order valence-corrected chi connectivity index (χ3v) is 5.35. The van der Waals surface area contributed by atoms with E-state index < -0.39 is 0 Å². The van der Waals surface area contributed by atoms with Crippen molar-refractivity contribution in [2.24, 2.45) is 0 Å². The number of nitrogens with zero attached hydrogens (tertiary/aromatic N) is 1. The number of amides is 1. The Labute approximate surface area is 158 Å². The van der Waals surface area contributed by atoms with Gasteiger partial charge in [0.15, 0.2) is 17.7 Å². The van der Waals surface area contributed by atoms with Crippen LogP contribution >= 0.6 is 27.7 Å². The molecule has 8 heteroatoms. The maximum absolute atomic E-state index is 12.2. The van der Waals surface area contributed by atoms with Crippen molar-refractivity contribution >= 4 is 33.6 Å². The highest BCUT2D eigenvalue weighted by Crippen LogP contribution is 2.37. The van der Waals surface area contributed by atoms with Gasteiger partial charge in [-0.25, -0.2) is 0 Å². The Kier molecular flexibility index (Phi) is 5.70. The molecule has 1 aliphatic rings. The number of carbonyl (C=O) groups excluding carboxylic acids is 1. The minimum Gasteiger partial charge on any atom is -0.618 e. The van der Waals surface area contributed by atoms with Crippen molar-refractivity contribution in [3.63, 3.8) is 0 Å². The van der Waals surface area contributed by atoms with E-state index in [0.717, 1.165) is 14.8 Å². The van der Waals surface area contributed by atoms with E-state index in [0.29, 0.717) is 29.7 Å². The molecule has 1 atom stereocenters. The average molecular weight is 425 g/mol. The molecule has 2 aromatic rings. The number of halogens is 1. The number of hydrogen-bond acceptors (Lipinski definition) is 5. The van der Waals surface area contributed by atoms with Gasteiger partial charge in [-0.05, 0) is 42.4 Å². The molecular formula is C17H17BrN2O4S. The van der Waals surface area contributed by atoms with Gasteiger partial charge in [-0.3, -0.25) is 4.79 Å². The fourth-order valence-corrected chi connectivity index (χ4v) is 3.83. The highest BCUT2D eigenvalue weighted by Gasteiger charge is 2.19. The summed E-state index contributed by atoms with van der Waals surface area (Å²) in [5.41, 5.74) is 0.904. The van der Waals surface area contributed by atoms with Crippen LogP contribution < -0.4 is 19.5 Å². The Morgan fingerprint density at radius 2 is 2.08 bits per heavy atom. The summed E-state index contributed by atoms with van der Waals surface area (Å²) in [5.74, 6) is 1.39. The number of nitrogens with one attached hydrogen (secondary N) is 1. The smallest absolute Gasteiger partial charge is 0.251 e. The van der Waals surface area contributed by atoms with Gasteiger partial charge in [0.25, 0.3) is 5.03 Å². The van der Waals surface area contributed by atoms with Crippen LogP contribution in [-0.4, -0.2) is 24.9 Å². The van der Waals surface area contributed by atoms with Gasteiger partial charge in [0.05, 0.1) is 11.8 Å². The largest absolute Gasteiger partial charge is 0.618 e. The van der Waals surface area contributed by atoms with Crippen molar-refractivity contribution < 1.29 is 19.0 Å². The lowest BCUT2D eigenvalue weighted by Gasteiger charge is -2.22. The molecule has 0 radical (unpaired) electrons. The van der Waals surface area contributed by atoms with Gasteiger partial charge in [0.2, 0.25) is 5.91 Å². The van der Waals surface area contributed by atoms with Crippen molar-refractivity contribution in [2.75, 3.05) is 19.0 Å². The van der Waals surface area contributed by atoms with Crippen LogP contribution in [-0.2, 0) is 4.79 Å². The van der Waals surface area contributed by atoms with Crippen LogP contribution in [0.3, 0.4) is 0 Å². The molecule has 132 valence electrons. The number of thioether (sulfide) groups is 1. The molecule has 0 fully saturated rings. The molecule has 3 rings (SSSR count). The van der Waals surface area contributed by atoms with Crippen LogP contribution in [0, 0.1) is 5.21 Å². The monoisotopic (exact) mass is 424 g/mol. The Morgan fingerprint density at radius 3 is 2.80 bits per heavy atom. The fourth-order valence-electron chi connectivity index (χ4n) is 2.44. The average Bonchev–Trinajstić information content (AvgIpc) is 2.60. The van der Waals surface area contributed by atoms with Gasteiger partial charge in [-0.2, -0.15) is 4.73 Å². The number of carbonyl (C=O) groups is 1. The van der Waals surface area contributed by atoms with E-state index in [-0.39, 0.29) is 17.7 Å². The van der Waals surface area contributed by atoms with Gasteiger partial charge in [-0.15, -0.1) is 0 Å². The summed E-state index contributed by atoms with van der Waals surface area (Å²) in [6, 6.07) is 8.62.